The fraction of sp³-hybridized carbons (Fsp3) is 0.914. The van der Waals surface area contributed by atoms with Crippen molar-refractivity contribution < 1.29 is 25.2 Å². The molecule has 0 spiro atoms. The fourth-order valence-electron chi connectivity index (χ4n) is 9.11. The van der Waals surface area contributed by atoms with Gasteiger partial charge in [-0.25, -0.2) is 0 Å². The number of carbonyl (C=O) groups excluding carboxylic acids is 1. The molecular weight excluding hydrogens is 791 g/mol. The van der Waals surface area contributed by atoms with E-state index in [0.29, 0.717) is 12.8 Å². The largest absolute Gasteiger partial charge is 0.394 e. The highest BCUT2D eigenvalue weighted by molar-refractivity contribution is 5.80. The zero-order chi connectivity index (χ0) is 46.7. The average Bonchev–Trinajstić information content (AvgIpc) is 3.30. The first-order valence-corrected chi connectivity index (χ1v) is 28.7. The van der Waals surface area contributed by atoms with Gasteiger partial charge >= 0.3 is 0 Å². The number of unbranched alkanes of at least 4 members (excludes halogenated alkanes) is 40. The van der Waals surface area contributed by atoms with Crippen molar-refractivity contribution in [1.29, 1.82) is 0 Å². The van der Waals surface area contributed by atoms with Gasteiger partial charge in [-0.1, -0.05) is 269 Å². The van der Waals surface area contributed by atoms with E-state index in [9.17, 15) is 25.2 Å². The lowest BCUT2D eigenvalue weighted by Gasteiger charge is -2.27. The van der Waals surface area contributed by atoms with Crippen LogP contribution in [-0.2, 0) is 4.79 Å². The average molecular weight is 905 g/mol. The van der Waals surface area contributed by atoms with Gasteiger partial charge in [0.05, 0.1) is 18.8 Å². The standard InChI is InChI=1S/C58H113NO5/c1-3-5-7-9-11-13-15-17-19-21-23-25-27-28-30-31-33-35-37-39-41-43-45-47-49-51-55(61)57(63)54(53-60)59-58(64)56(62)52-50-48-46-44-42-40-38-36-34-32-29-26-24-22-20-18-16-14-12-10-8-6-4-2/h32,34,43,45,54-57,60-63H,3-31,33,35-42,44,46-53H2,1-2H3,(H,59,64)/b34-32-,45-43+. The second-order valence-corrected chi connectivity index (χ2v) is 20.0. The molecule has 0 bridgehead atoms. The van der Waals surface area contributed by atoms with Crippen LogP contribution in [0, 0.1) is 0 Å². The zero-order valence-corrected chi connectivity index (χ0v) is 43.0. The van der Waals surface area contributed by atoms with E-state index < -0.39 is 36.9 Å². The molecule has 0 aliphatic carbocycles. The second-order valence-electron chi connectivity index (χ2n) is 20.0. The number of hydrogen-bond acceptors (Lipinski definition) is 5. The van der Waals surface area contributed by atoms with E-state index in [-0.39, 0.29) is 0 Å². The normalized spacial score (nSPS) is 13.9. The SMILES string of the molecule is CCCCCCCCCCCCCC/C=C\CCCCCCCCCC(O)C(=O)NC(CO)C(O)C(O)CCC/C=C/CCCCCCCCCCCCCCCCCCCCCC. The first kappa shape index (κ1) is 62.8. The Bertz CT molecular complexity index is 970. The quantitative estimate of drug-likeness (QED) is 0.0308. The first-order chi connectivity index (χ1) is 31.5. The Morgan fingerprint density at radius 2 is 0.641 bits per heavy atom. The van der Waals surface area contributed by atoms with Crippen LogP contribution in [0.15, 0.2) is 24.3 Å². The van der Waals surface area contributed by atoms with Gasteiger partial charge < -0.3 is 25.7 Å². The smallest absolute Gasteiger partial charge is 0.249 e. The predicted octanol–water partition coefficient (Wildman–Crippen LogP) is 16.6. The maximum absolute atomic E-state index is 12.6. The molecule has 0 saturated carbocycles. The summed E-state index contributed by atoms with van der Waals surface area (Å²) < 4.78 is 0. The van der Waals surface area contributed by atoms with Crippen LogP contribution in [0.1, 0.15) is 309 Å². The van der Waals surface area contributed by atoms with Crippen LogP contribution in [-0.4, -0.2) is 57.3 Å². The molecule has 0 rings (SSSR count). The third-order valence-electron chi connectivity index (χ3n) is 13.6. The van der Waals surface area contributed by atoms with E-state index in [4.69, 9.17) is 0 Å². The maximum atomic E-state index is 12.6. The number of hydrogen-bond donors (Lipinski definition) is 5. The number of carbonyl (C=O) groups is 1. The van der Waals surface area contributed by atoms with Gasteiger partial charge in [-0.3, -0.25) is 4.79 Å². The molecule has 5 N–H and O–H groups in total. The minimum atomic E-state index is -1.28. The van der Waals surface area contributed by atoms with Crippen LogP contribution >= 0.6 is 0 Å². The highest BCUT2D eigenvalue weighted by atomic mass is 16.3. The number of aliphatic hydroxyl groups excluding tert-OH is 4. The van der Waals surface area contributed by atoms with E-state index >= 15 is 0 Å². The Kier molecular flexibility index (Phi) is 51.8. The minimum Gasteiger partial charge on any atom is -0.394 e. The maximum Gasteiger partial charge on any atom is 0.249 e. The number of rotatable bonds is 53. The molecule has 64 heavy (non-hydrogen) atoms. The van der Waals surface area contributed by atoms with Crippen LogP contribution in [0.4, 0.5) is 0 Å². The molecule has 6 heteroatoms. The summed E-state index contributed by atoms with van der Waals surface area (Å²) in [6.07, 6.45) is 63.9. The summed E-state index contributed by atoms with van der Waals surface area (Å²) in [6.45, 7) is 4.08. The summed E-state index contributed by atoms with van der Waals surface area (Å²) in [7, 11) is 0. The summed E-state index contributed by atoms with van der Waals surface area (Å²) in [5.41, 5.74) is 0. The summed E-state index contributed by atoms with van der Waals surface area (Å²) in [4.78, 5) is 12.6. The molecule has 1 amide bonds. The van der Waals surface area contributed by atoms with Gasteiger partial charge in [-0.2, -0.15) is 0 Å². The molecule has 0 radical (unpaired) electrons. The van der Waals surface area contributed by atoms with E-state index in [0.717, 1.165) is 38.5 Å². The predicted molar refractivity (Wildman–Crippen MR) is 279 cm³/mol. The van der Waals surface area contributed by atoms with Gasteiger partial charge in [0, 0.05) is 0 Å². The topological polar surface area (TPSA) is 110 Å². The van der Waals surface area contributed by atoms with Gasteiger partial charge in [0.1, 0.15) is 12.2 Å². The third kappa shape index (κ3) is 45.9. The Balaban J connectivity index is 3.65. The first-order valence-electron chi connectivity index (χ1n) is 28.7. The Morgan fingerprint density at radius 1 is 0.375 bits per heavy atom. The van der Waals surface area contributed by atoms with Gasteiger partial charge in [0.2, 0.25) is 5.91 Å². The Morgan fingerprint density at radius 3 is 0.938 bits per heavy atom. The number of amides is 1. The number of allylic oxidation sites excluding steroid dienone is 4. The van der Waals surface area contributed by atoms with E-state index in [2.05, 4.69) is 43.5 Å². The monoisotopic (exact) mass is 904 g/mol. The highest BCUT2D eigenvalue weighted by Gasteiger charge is 2.28. The molecule has 6 nitrogen and oxygen atoms in total. The lowest BCUT2D eigenvalue weighted by atomic mass is 10.00. The minimum absolute atomic E-state index is 0.360. The third-order valence-corrected chi connectivity index (χ3v) is 13.6. The van der Waals surface area contributed by atoms with Gasteiger partial charge in [-0.15, -0.1) is 0 Å². The van der Waals surface area contributed by atoms with E-state index in [1.807, 2.05) is 0 Å². The van der Waals surface area contributed by atoms with Crippen LogP contribution in [0.5, 0.6) is 0 Å². The molecule has 0 fully saturated rings. The van der Waals surface area contributed by atoms with E-state index in [1.165, 1.54) is 244 Å². The summed E-state index contributed by atoms with van der Waals surface area (Å²) in [6, 6.07) is -1.00. The molecule has 0 aliphatic heterocycles. The molecule has 0 aliphatic rings. The van der Waals surface area contributed by atoms with Crippen molar-refractivity contribution in [2.45, 2.75) is 334 Å². The molecular formula is C58H113NO5. The van der Waals surface area contributed by atoms with E-state index in [1.54, 1.807) is 0 Å². The lowest BCUT2D eigenvalue weighted by molar-refractivity contribution is -0.132. The van der Waals surface area contributed by atoms with Gasteiger partial charge in [-0.05, 0) is 64.2 Å². The summed E-state index contributed by atoms with van der Waals surface area (Å²) in [5.74, 6) is -0.592. The van der Waals surface area contributed by atoms with Crippen molar-refractivity contribution in [2.75, 3.05) is 6.61 Å². The molecule has 380 valence electrons. The van der Waals surface area contributed by atoms with Crippen LogP contribution in [0.3, 0.4) is 0 Å². The zero-order valence-electron chi connectivity index (χ0n) is 43.0. The van der Waals surface area contributed by atoms with Crippen LogP contribution in [0.25, 0.3) is 0 Å². The second kappa shape index (κ2) is 52.8. The molecule has 4 atom stereocenters. The van der Waals surface area contributed by atoms with Crippen molar-refractivity contribution in [2.24, 2.45) is 0 Å². The van der Waals surface area contributed by atoms with Crippen LogP contribution in [0.2, 0.25) is 0 Å². The number of aliphatic hydroxyl groups is 4. The number of nitrogens with one attached hydrogen (secondary N) is 1. The van der Waals surface area contributed by atoms with Gasteiger partial charge in [0.25, 0.3) is 0 Å². The molecule has 0 saturated heterocycles. The van der Waals surface area contributed by atoms with Gasteiger partial charge in [0.15, 0.2) is 0 Å². The molecule has 0 aromatic heterocycles. The van der Waals surface area contributed by atoms with Crippen molar-refractivity contribution >= 4 is 5.91 Å². The lowest BCUT2D eigenvalue weighted by Crippen LogP contribution is -2.53. The van der Waals surface area contributed by atoms with Crippen molar-refractivity contribution in [3.05, 3.63) is 24.3 Å². The van der Waals surface area contributed by atoms with Crippen LogP contribution < -0.4 is 5.32 Å². The summed E-state index contributed by atoms with van der Waals surface area (Å²) in [5, 5.41) is 44.0. The Labute approximate surface area is 399 Å². The molecule has 0 aromatic rings. The molecule has 4 unspecified atom stereocenters. The molecule has 0 aromatic carbocycles. The fourth-order valence-corrected chi connectivity index (χ4v) is 9.11. The Hall–Kier alpha value is -1.21. The summed E-state index contributed by atoms with van der Waals surface area (Å²) >= 11 is 0. The molecule has 0 heterocycles. The van der Waals surface area contributed by atoms with Crippen molar-refractivity contribution in [1.82, 2.24) is 5.32 Å². The van der Waals surface area contributed by atoms with Crippen molar-refractivity contribution in [3.63, 3.8) is 0 Å². The highest BCUT2D eigenvalue weighted by Crippen LogP contribution is 2.18. The van der Waals surface area contributed by atoms with Crippen molar-refractivity contribution in [3.8, 4) is 0 Å².